The summed E-state index contributed by atoms with van der Waals surface area (Å²) in [5, 5.41) is 0.591. The van der Waals surface area contributed by atoms with Gasteiger partial charge in [0.1, 0.15) is 5.82 Å². The second kappa shape index (κ2) is 8.12. The minimum absolute atomic E-state index is 0.0257. The zero-order valence-electron chi connectivity index (χ0n) is 17.3. The Morgan fingerprint density at radius 3 is 2.43 bits per heavy atom. The molecule has 1 saturated heterocycles. The Hall–Kier alpha value is -2.24. The highest BCUT2D eigenvalue weighted by Gasteiger charge is 2.48. The zero-order valence-corrected chi connectivity index (χ0v) is 18.1. The summed E-state index contributed by atoms with van der Waals surface area (Å²) in [6, 6.07) is 11.1. The first-order chi connectivity index (χ1) is 14.3. The number of halogens is 2. The quantitative estimate of drug-likeness (QED) is 0.615. The van der Waals surface area contributed by atoms with Gasteiger partial charge in [0.25, 0.3) is 0 Å². The van der Waals surface area contributed by atoms with Gasteiger partial charge < -0.3 is 0 Å². The van der Waals surface area contributed by atoms with Crippen LogP contribution in [0.5, 0.6) is 0 Å². The van der Waals surface area contributed by atoms with Gasteiger partial charge >= 0.3 is 0 Å². The number of benzene rings is 2. The maximum Gasteiger partial charge on any atom is 0.238 e. The van der Waals surface area contributed by atoms with Gasteiger partial charge in [-0.1, -0.05) is 18.0 Å². The van der Waals surface area contributed by atoms with Crippen LogP contribution in [0.15, 0.2) is 42.5 Å². The molecule has 2 aromatic rings. The van der Waals surface area contributed by atoms with Gasteiger partial charge in [-0.15, -0.1) is 0 Å². The number of anilines is 1. The molecule has 6 heteroatoms. The van der Waals surface area contributed by atoms with Crippen LogP contribution in [-0.2, 0) is 10.2 Å². The number of rotatable bonds is 5. The van der Waals surface area contributed by atoms with E-state index in [-0.39, 0.29) is 30.1 Å². The van der Waals surface area contributed by atoms with Crippen molar-refractivity contribution in [1.82, 2.24) is 4.90 Å². The Balaban J connectivity index is 1.72. The molecular formula is C24H26ClFN2O2. The minimum atomic E-state index is -0.715. The van der Waals surface area contributed by atoms with Crippen LogP contribution < -0.4 is 4.90 Å². The van der Waals surface area contributed by atoms with Crippen LogP contribution in [-0.4, -0.2) is 35.8 Å². The minimum Gasteiger partial charge on any atom is -0.295 e. The topological polar surface area (TPSA) is 40.6 Å². The van der Waals surface area contributed by atoms with Crippen molar-refractivity contribution >= 4 is 29.0 Å². The lowest BCUT2D eigenvalue weighted by Gasteiger charge is -2.40. The highest BCUT2D eigenvalue weighted by atomic mass is 35.5. The van der Waals surface area contributed by atoms with Crippen molar-refractivity contribution in [2.75, 3.05) is 18.0 Å². The van der Waals surface area contributed by atoms with Crippen molar-refractivity contribution in [1.29, 1.82) is 0 Å². The third-order valence-electron chi connectivity index (χ3n) is 6.29. The lowest BCUT2D eigenvalue weighted by atomic mass is 9.86. The molecule has 0 radical (unpaired) electrons. The molecule has 0 aromatic heterocycles. The van der Waals surface area contributed by atoms with Crippen molar-refractivity contribution in [3.8, 4) is 0 Å². The van der Waals surface area contributed by atoms with E-state index >= 15 is 0 Å². The maximum atomic E-state index is 13.5. The number of hydrogen-bond donors (Lipinski definition) is 0. The SMILES string of the molecule is CC1(C)C(=O)N(C(CC(=O)c2ccc(F)cc2)N2CCCCC2)c2ccc(Cl)cc21. The fraction of sp³-hybridized carbons (Fsp3) is 0.417. The Morgan fingerprint density at radius 1 is 1.10 bits per heavy atom. The van der Waals surface area contributed by atoms with Gasteiger partial charge in [-0.05, 0) is 74.7 Å². The number of hydrogen-bond acceptors (Lipinski definition) is 3. The van der Waals surface area contributed by atoms with Gasteiger partial charge in [-0.3, -0.25) is 19.4 Å². The predicted molar refractivity (Wildman–Crippen MR) is 117 cm³/mol. The van der Waals surface area contributed by atoms with E-state index in [9.17, 15) is 14.0 Å². The van der Waals surface area contributed by atoms with Crippen molar-refractivity contribution < 1.29 is 14.0 Å². The first-order valence-corrected chi connectivity index (χ1v) is 10.8. The molecule has 0 saturated carbocycles. The van der Waals surface area contributed by atoms with Crippen molar-refractivity contribution in [3.05, 3.63) is 64.4 Å². The zero-order chi connectivity index (χ0) is 21.5. The highest BCUT2D eigenvalue weighted by Crippen LogP contribution is 2.44. The number of fused-ring (bicyclic) bond motifs is 1. The Morgan fingerprint density at radius 2 is 1.77 bits per heavy atom. The highest BCUT2D eigenvalue weighted by molar-refractivity contribution is 6.31. The summed E-state index contributed by atoms with van der Waals surface area (Å²) in [5.41, 5.74) is 1.45. The molecule has 0 bridgehead atoms. The summed E-state index contributed by atoms with van der Waals surface area (Å²) in [4.78, 5) is 30.7. The molecule has 2 aliphatic heterocycles. The normalized spacial score (nSPS) is 19.6. The summed E-state index contributed by atoms with van der Waals surface area (Å²) in [6.45, 7) is 5.49. The average Bonchev–Trinajstić information content (AvgIpc) is 2.93. The molecule has 0 N–H and O–H groups in total. The second-order valence-electron chi connectivity index (χ2n) is 8.67. The Bertz CT molecular complexity index is 968. The molecule has 2 heterocycles. The van der Waals surface area contributed by atoms with E-state index in [1.807, 2.05) is 26.0 Å². The van der Waals surface area contributed by atoms with Gasteiger partial charge in [0.15, 0.2) is 5.78 Å². The number of ketones is 1. The van der Waals surface area contributed by atoms with Gasteiger partial charge in [-0.25, -0.2) is 4.39 Å². The number of amides is 1. The van der Waals surface area contributed by atoms with Crippen molar-refractivity contribution in [2.45, 2.75) is 51.1 Å². The summed E-state index contributed by atoms with van der Waals surface area (Å²) >= 11 is 6.23. The molecule has 2 aliphatic rings. The molecule has 4 nitrogen and oxygen atoms in total. The number of carbonyl (C=O) groups excluding carboxylic acids is 2. The molecule has 158 valence electrons. The average molecular weight is 429 g/mol. The summed E-state index contributed by atoms with van der Waals surface area (Å²) in [6.07, 6.45) is 3.02. The van der Waals surface area contributed by atoms with Crippen LogP contribution in [0, 0.1) is 5.82 Å². The molecule has 1 atom stereocenters. The van der Waals surface area contributed by atoms with Crippen molar-refractivity contribution in [2.24, 2.45) is 0 Å². The first kappa shape index (κ1) is 21.0. The summed E-state index contributed by atoms with van der Waals surface area (Å²) in [5.74, 6) is -0.498. The molecular weight excluding hydrogens is 403 g/mol. The molecule has 1 amide bonds. The molecule has 0 spiro atoms. The van der Waals surface area contributed by atoms with E-state index in [0.717, 1.165) is 43.6 Å². The standard InChI is InChI=1S/C24H26ClFN2O2/c1-24(2)19-14-17(25)8-11-20(19)28(23(24)30)22(27-12-4-3-5-13-27)15-21(29)16-6-9-18(26)10-7-16/h6-11,14,22H,3-5,12-13,15H2,1-2H3. The van der Waals surface area contributed by atoms with E-state index in [0.29, 0.717) is 10.6 Å². The van der Waals surface area contributed by atoms with Crippen LogP contribution >= 0.6 is 11.6 Å². The van der Waals surface area contributed by atoms with Crippen molar-refractivity contribution in [3.63, 3.8) is 0 Å². The molecule has 30 heavy (non-hydrogen) atoms. The van der Waals surface area contributed by atoms with E-state index < -0.39 is 5.41 Å². The van der Waals surface area contributed by atoms with Crippen LogP contribution in [0.3, 0.4) is 0 Å². The van der Waals surface area contributed by atoms with E-state index in [1.54, 1.807) is 11.0 Å². The maximum absolute atomic E-state index is 13.5. The lowest BCUT2D eigenvalue weighted by Crippen LogP contribution is -2.54. The largest absolute Gasteiger partial charge is 0.295 e. The van der Waals surface area contributed by atoms with Crippen LogP contribution in [0.4, 0.5) is 10.1 Å². The van der Waals surface area contributed by atoms with Crippen LogP contribution in [0.1, 0.15) is 55.5 Å². The molecule has 0 aliphatic carbocycles. The predicted octanol–water partition coefficient (Wildman–Crippen LogP) is 5.19. The Labute approximate surface area is 181 Å². The number of Topliss-reactive ketones (excluding diaryl/α,β-unsaturated/α-hetero) is 1. The summed E-state index contributed by atoms with van der Waals surface area (Å²) < 4.78 is 13.3. The fourth-order valence-electron chi connectivity index (χ4n) is 4.56. The van der Waals surface area contributed by atoms with Gasteiger partial charge in [0, 0.05) is 35.8 Å². The van der Waals surface area contributed by atoms with Gasteiger partial charge in [0.05, 0.1) is 11.6 Å². The third-order valence-corrected chi connectivity index (χ3v) is 6.52. The molecule has 1 unspecified atom stereocenters. The fourth-order valence-corrected chi connectivity index (χ4v) is 4.73. The first-order valence-electron chi connectivity index (χ1n) is 10.5. The third kappa shape index (κ3) is 3.77. The lowest BCUT2D eigenvalue weighted by molar-refractivity contribution is -0.123. The molecule has 4 rings (SSSR count). The number of nitrogens with zero attached hydrogens (tertiary/aromatic N) is 2. The second-order valence-corrected chi connectivity index (χ2v) is 9.11. The van der Waals surface area contributed by atoms with Gasteiger partial charge in [0.2, 0.25) is 5.91 Å². The Kier molecular flexibility index (Phi) is 5.69. The smallest absolute Gasteiger partial charge is 0.238 e. The number of likely N-dealkylation sites (tertiary alicyclic amines) is 1. The molecule has 2 aromatic carbocycles. The van der Waals surface area contributed by atoms with Gasteiger partial charge in [-0.2, -0.15) is 0 Å². The summed E-state index contributed by atoms with van der Waals surface area (Å²) in [7, 11) is 0. The van der Waals surface area contributed by atoms with E-state index in [4.69, 9.17) is 11.6 Å². The van der Waals surface area contributed by atoms with Crippen LogP contribution in [0.2, 0.25) is 5.02 Å². The van der Waals surface area contributed by atoms with E-state index in [1.165, 1.54) is 24.3 Å². The van der Waals surface area contributed by atoms with E-state index in [2.05, 4.69) is 4.90 Å². The number of carbonyl (C=O) groups is 2. The van der Waals surface area contributed by atoms with Crippen LogP contribution in [0.25, 0.3) is 0 Å². The number of piperidine rings is 1. The monoisotopic (exact) mass is 428 g/mol. The molecule has 1 fully saturated rings.